The summed E-state index contributed by atoms with van der Waals surface area (Å²) in [7, 11) is 0. The van der Waals surface area contributed by atoms with Gasteiger partial charge in [0.25, 0.3) is 0 Å². The third kappa shape index (κ3) is 4.51. The van der Waals surface area contributed by atoms with Crippen LogP contribution in [-0.4, -0.2) is 24.4 Å². The molecule has 0 aliphatic rings. The van der Waals surface area contributed by atoms with Crippen LogP contribution in [0.15, 0.2) is 88.3 Å². The molecule has 0 radical (unpaired) electrons. The molecule has 4 aromatic rings. The minimum absolute atomic E-state index is 0.125. The fraction of sp³-hybridized carbons (Fsp3) is 0.143. The molecule has 0 saturated heterocycles. The predicted octanol–water partition coefficient (Wildman–Crippen LogP) is 6.79. The van der Waals surface area contributed by atoms with E-state index in [0.29, 0.717) is 22.5 Å². The molecule has 1 N–H and O–H groups in total. The van der Waals surface area contributed by atoms with Crippen LogP contribution in [0, 0.1) is 11.3 Å². The molecular weight excluding hydrogens is 410 g/mol. The van der Waals surface area contributed by atoms with E-state index in [1.54, 1.807) is 6.07 Å². The molecule has 33 heavy (non-hydrogen) atoms. The number of nitrogens with zero attached hydrogens (tertiary/aromatic N) is 3. The van der Waals surface area contributed by atoms with Crippen LogP contribution in [0.1, 0.15) is 25.0 Å². The second-order valence-electron chi connectivity index (χ2n) is 7.50. The molecule has 5 heteroatoms. The van der Waals surface area contributed by atoms with Gasteiger partial charge in [0.15, 0.2) is 0 Å². The summed E-state index contributed by atoms with van der Waals surface area (Å²) in [5.74, 6) is 0.925. The van der Waals surface area contributed by atoms with Crippen molar-refractivity contribution in [1.29, 1.82) is 5.26 Å². The second kappa shape index (κ2) is 9.88. The van der Waals surface area contributed by atoms with Crippen LogP contribution in [0.4, 0.5) is 11.6 Å². The number of hydrogen-bond acceptors (Lipinski definition) is 5. The van der Waals surface area contributed by atoms with Gasteiger partial charge < -0.3 is 14.4 Å². The van der Waals surface area contributed by atoms with E-state index in [9.17, 15) is 10.4 Å². The van der Waals surface area contributed by atoms with Crippen molar-refractivity contribution in [2.75, 3.05) is 18.0 Å². The van der Waals surface area contributed by atoms with Crippen molar-refractivity contribution in [3.8, 4) is 34.3 Å². The molecule has 0 saturated carbocycles. The van der Waals surface area contributed by atoms with Gasteiger partial charge in [-0.3, -0.25) is 0 Å². The Morgan fingerprint density at radius 2 is 1.58 bits per heavy atom. The van der Waals surface area contributed by atoms with E-state index in [0.717, 1.165) is 29.9 Å². The maximum Gasteiger partial charge on any atom is 0.238 e. The number of phenols is 1. The highest BCUT2D eigenvalue weighted by Crippen LogP contribution is 2.42. The van der Waals surface area contributed by atoms with Gasteiger partial charge in [-0.05, 0) is 31.5 Å². The van der Waals surface area contributed by atoms with Gasteiger partial charge >= 0.3 is 0 Å². The number of anilines is 1. The normalized spacial score (nSPS) is 10.9. The Morgan fingerprint density at radius 3 is 2.15 bits per heavy atom. The van der Waals surface area contributed by atoms with Crippen molar-refractivity contribution in [3.05, 3.63) is 90.0 Å². The van der Waals surface area contributed by atoms with E-state index in [1.807, 2.05) is 72.8 Å². The summed E-state index contributed by atoms with van der Waals surface area (Å²) in [6, 6.07) is 27.1. The monoisotopic (exact) mass is 435 g/mol. The smallest absolute Gasteiger partial charge is 0.238 e. The van der Waals surface area contributed by atoms with Crippen LogP contribution in [0.3, 0.4) is 0 Å². The molecule has 164 valence electrons. The summed E-state index contributed by atoms with van der Waals surface area (Å²) in [5, 5.41) is 20.5. The van der Waals surface area contributed by atoms with Crippen molar-refractivity contribution in [1.82, 2.24) is 0 Å². The molecule has 0 unspecified atom stereocenters. The van der Waals surface area contributed by atoms with Gasteiger partial charge in [-0.1, -0.05) is 60.7 Å². The van der Waals surface area contributed by atoms with E-state index in [1.165, 1.54) is 6.21 Å². The van der Waals surface area contributed by atoms with E-state index >= 15 is 0 Å². The Labute approximate surface area is 193 Å². The number of phenolic OH excluding ortho intramolecular Hbond substituents is 1. The first-order valence-electron chi connectivity index (χ1n) is 11.0. The first-order valence-corrected chi connectivity index (χ1v) is 11.0. The molecule has 1 aromatic heterocycles. The first-order chi connectivity index (χ1) is 16.2. The van der Waals surface area contributed by atoms with E-state index in [-0.39, 0.29) is 11.6 Å². The number of rotatable bonds is 7. The van der Waals surface area contributed by atoms with Gasteiger partial charge in [0.1, 0.15) is 23.1 Å². The quantitative estimate of drug-likeness (QED) is 0.324. The molecular formula is C28H25N3O2. The standard InChI is InChI=1S/C28H25N3O2/c1-3-31(4-2)23-16-15-22(25(32)17-23)19-30-28-24(18-29)26(20-11-7-5-8-12-20)27(33-28)21-13-9-6-10-14-21/h5-17,19,32H,3-4H2,1-2H3. The van der Waals surface area contributed by atoms with Crippen molar-refractivity contribution in [3.63, 3.8) is 0 Å². The molecule has 0 atom stereocenters. The third-order valence-electron chi connectivity index (χ3n) is 5.56. The maximum absolute atomic E-state index is 10.5. The van der Waals surface area contributed by atoms with Crippen LogP contribution in [0.25, 0.3) is 22.5 Å². The Balaban J connectivity index is 1.79. The largest absolute Gasteiger partial charge is 0.507 e. The molecule has 0 aliphatic heterocycles. The molecule has 3 aromatic carbocycles. The first kappa shape index (κ1) is 21.9. The highest BCUT2D eigenvalue weighted by atomic mass is 16.4. The number of hydrogen-bond donors (Lipinski definition) is 1. The van der Waals surface area contributed by atoms with E-state index in [4.69, 9.17) is 4.42 Å². The van der Waals surface area contributed by atoms with E-state index < -0.39 is 0 Å². The molecule has 0 bridgehead atoms. The lowest BCUT2D eigenvalue weighted by Crippen LogP contribution is -2.21. The van der Waals surface area contributed by atoms with Gasteiger partial charge in [0, 0.05) is 47.7 Å². The molecule has 5 nitrogen and oxygen atoms in total. The average molecular weight is 436 g/mol. The zero-order valence-corrected chi connectivity index (χ0v) is 18.7. The zero-order valence-electron chi connectivity index (χ0n) is 18.7. The van der Waals surface area contributed by atoms with Crippen LogP contribution in [0.5, 0.6) is 5.75 Å². The van der Waals surface area contributed by atoms with Crippen LogP contribution in [-0.2, 0) is 0 Å². The van der Waals surface area contributed by atoms with Crippen molar-refractivity contribution in [2.24, 2.45) is 4.99 Å². The summed E-state index contributed by atoms with van der Waals surface area (Å²) in [4.78, 5) is 6.62. The zero-order chi connectivity index (χ0) is 23.2. The molecule has 0 fully saturated rings. The van der Waals surface area contributed by atoms with Gasteiger partial charge in [-0.2, -0.15) is 5.26 Å². The summed E-state index contributed by atoms with van der Waals surface area (Å²) in [6.07, 6.45) is 1.53. The third-order valence-corrected chi connectivity index (χ3v) is 5.56. The fourth-order valence-corrected chi connectivity index (χ4v) is 3.84. The molecule has 0 amide bonds. The summed E-state index contributed by atoms with van der Waals surface area (Å²) >= 11 is 0. The highest BCUT2D eigenvalue weighted by Gasteiger charge is 2.22. The number of aromatic hydroxyl groups is 1. The lowest BCUT2D eigenvalue weighted by atomic mass is 9.98. The van der Waals surface area contributed by atoms with Crippen molar-refractivity contribution >= 4 is 17.8 Å². The SMILES string of the molecule is CCN(CC)c1ccc(C=Nc2oc(-c3ccccc3)c(-c3ccccc3)c2C#N)c(O)c1. The van der Waals surface area contributed by atoms with Gasteiger partial charge in [-0.25, -0.2) is 4.99 Å². The topological polar surface area (TPSA) is 72.8 Å². The minimum atomic E-state index is 0.125. The lowest BCUT2D eigenvalue weighted by molar-refractivity contribution is 0.474. The Hall–Kier alpha value is -4.30. The van der Waals surface area contributed by atoms with Crippen molar-refractivity contribution < 1.29 is 9.52 Å². The Morgan fingerprint density at radius 1 is 0.939 bits per heavy atom. The fourth-order valence-electron chi connectivity index (χ4n) is 3.84. The molecule has 4 rings (SSSR count). The molecule has 0 spiro atoms. The summed E-state index contributed by atoms with van der Waals surface area (Å²) in [5.41, 5.74) is 4.30. The number of nitriles is 1. The Kier molecular flexibility index (Phi) is 6.56. The van der Waals surface area contributed by atoms with Crippen LogP contribution < -0.4 is 4.90 Å². The van der Waals surface area contributed by atoms with Gasteiger partial charge in [0.05, 0.1) is 0 Å². The number of aliphatic imine (C=N–C) groups is 1. The summed E-state index contributed by atoms with van der Waals surface area (Å²) < 4.78 is 6.13. The average Bonchev–Trinajstić information content (AvgIpc) is 3.24. The maximum atomic E-state index is 10.5. The molecule has 0 aliphatic carbocycles. The summed E-state index contributed by atoms with van der Waals surface area (Å²) in [6.45, 7) is 5.85. The minimum Gasteiger partial charge on any atom is -0.507 e. The molecule has 1 heterocycles. The van der Waals surface area contributed by atoms with Gasteiger partial charge in [-0.15, -0.1) is 0 Å². The number of benzene rings is 3. The second-order valence-corrected chi connectivity index (χ2v) is 7.50. The van der Waals surface area contributed by atoms with Crippen molar-refractivity contribution in [2.45, 2.75) is 13.8 Å². The predicted molar refractivity (Wildman–Crippen MR) is 133 cm³/mol. The number of furan rings is 1. The highest BCUT2D eigenvalue weighted by molar-refractivity contribution is 5.91. The van der Waals surface area contributed by atoms with Gasteiger partial charge in [0.2, 0.25) is 5.88 Å². The lowest BCUT2D eigenvalue weighted by Gasteiger charge is -2.21. The Bertz CT molecular complexity index is 1300. The van der Waals surface area contributed by atoms with E-state index in [2.05, 4.69) is 29.8 Å². The van der Waals surface area contributed by atoms with Crippen LogP contribution >= 0.6 is 0 Å². The van der Waals surface area contributed by atoms with Crippen LogP contribution in [0.2, 0.25) is 0 Å².